The van der Waals surface area contributed by atoms with Crippen LogP contribution in [0.3, 0.4) is 0 Å². The lowest BCUT2D eigenvalue weighted by Gasteiger charge is -2.10. The highest BCUT2D eigenvalue weighted by molar-refractivity contribution is 6.06. The smallest absolute Gasteiger partial charge is 0.200 e. The van der Waals surface area contributed by atoms with Gasteiger partial charge < -0.3 is 4.74 Å². The van der Waals surface area contributed by atoms with Crippen LogP contribution in [0.2, 0.25) is 0 Å². The minimum atomic E-state index is -0.347. The molecule has 0 spiro atoms. The molecular weight excluding hydrogens is 291 g/mol. The predicted molar refractivity (Wildman–Crippen MR) is 87.1 cm³/mol. The lowest BCUT2D eigenvalue weighted by atomic mass is 9.93. The summed E-state index contributed by atoms with van der Waals surface area (Å²) in [5, 5.41) is 0. The van der Waals surface area contributed by atoms with E-state index in [1.807, 2.05) is 48.5 Å². The van der Waals surface area contributed by atoms with Crippen molar-refractivity contribution in [2.45, 2.75) is 0 Å². The summed E-state index contributed by atoms with van der Waals surface area (Å²) < 4.78 is 19.1. The molecule has 112 valence electrons. The Morgan fingerprint density at radius 1 is 0.783 bits per heavy atom. The van der Waals surface area contributed by atoms with Gasteiger partial charge in [-0.1, -0.05) is 42.5 Å². The van der Waals surface area contributed by atoms with Crippen molar-refractivity contribution in [3.8, 4) is 28.0 Å². The van der Waals surface area contributed by atoms with E-state index in [9.17, 15) is 9.18 Å². The van der Waals surface area contributed by atoms with E-state index in [1.165, 1.54) is 12.1 Å². The van der Waals surface area contributed by atoms with E-state index in [1.54, 1.807) is 6.07 Å². The zero-order chi connectivity index (χ0) is 15.8. The summed E-state index contributed by atoms with van der Waals surface area (Å²) >= 11 is 0. The number of carbonyl (C=O) groups excluding carboxylic acids is 1. The maximum absolute atomic E-state index is 13.6. The monoisotopic (exact) mass is 304 g/mol. The van der Waals surface area contributed by atoms with E-state index in [0.717, 1.165) is 11.1 Å². The molecule has 0 aliphatic carbocycles. The van der Waals surface area contributed by atoms with Crippen molar-refractivity contribution in [1.29, 1.82) is 0 Å². The fourth-order valence-corrected chi connectivity index (χ4v) is 2.88. The van der Waals surface area contributed by atoms with Crippen molar-refractivity contribution >= 4 is 5.78 Å². The summed E-state index contributed by atoms with van der Waals surface area (Å²) in [6, 6.07) is 19.8. The molecule has 0 saturated carbocycles. The first kappa shape index (κ1) is 13.7. The molecule has 0 aromatic heterocycles. The molecule has 3 aromatic carbocycles. The molecule has 1 aliphatic rings. The van der Waals surface area contributed by atoms with Crippen molar-refractivity contribution < 1.29 is 13.9 Å². The van der Waals surface area contributed by atoms with E-state index in [4.69, 9.17) is 4.74 Å². The van der Waals surface area contributed by atoms with Crippen LogP contribution in [0.4, 0.5) is 4.39 Å². The van der Waals surface area contributed by atoms with Crippen molar-refractivity contribution in [1.82, 2.24) is 0 Å². The summed E-state index contributed by atoms with van der Waals surface area (Å²) in [6.45, 7) is -0.0378. The van der Waals surface area contributed by atoms with Gasteiger partial charge in [-0.15, -0.1) is 0 Å². The van der Waals surface area contributed by atoms with Crippen LogP contribution in [0, 0.1) is 5.82 Å². The van der Waals surface area contributed by atoms with E-state index in [2.05, 4.69) is 0 Å². The summed E-state index contributed by atoms with van der Waals surface area (Å²) in [6.07, 6.45) is 0. The summed E-state index contributed by atoms with van der Waals surface area (Å²) in [7, 11) is 0. The average molecular weight is 304 g/mol. The maximum atomic E-state index is 13.6. The van der Waals surface area contributed by atoms with Gasteiger partial charge in [0.1, 0.15) is 11.6 Å². The second-order valence-electron chi connectivity index (χ2n) is 5.48. The normalized spacial score (nSPS) is 12.8. The third-order valence-corrected chi connectivity index (χ3v) is 4.02. The summed E-state index contributed by atoms with van der Waals surface area (Å²) in [5.74, 6) is 0.0835. The Morgan fingerprint density at radius 3 is 2.43 bits per heavy atom. The lowest BCUT2D eigenvalue weighted by molar-refractivity contribution is 0.0926. The van der Waals surface area contributed by atoms with Crippen LogP contribution in [0.1, 0.15) is 10.4 Å². The molecule has 0 amide bonds. The topological polar surface area (TPSA) is 26.3 Å². The standard InChI is InChI=1S/C20H13FO2/c21-15-7-9-20-18(11-15)16-8-6-14(13-4-2-1-3-5-13)10-17(16)19(22)12-23-20/h1-11H,12H2. The van der Waals surface area contributed by atoms with Gasteiger partial charge >= 0.3 is 0 Å². The summed E-state index contributed by atoms with van der Waals surface area (Å²) in [5.41, 5.74) is 3.88. The largest absolute Gasteiger partial charge is 0.485 e. The number of fused-ring (bicyclic) bond motifs is 3. The molecular formula is C20H13FO2. The van der Waals surface area contributed by atoms with Crippen LogP contribution >= 0.6 is 0 Å². The zero-order valence-electron chi connectivity index (χ0n) is 12.3. The van der Waals surface area contributed by atoms with Crippen molar-refractivity contribution in [2.24, 2.45) is 0 Å². The number of ketones is 1. The van der Waals surface area contributed by atoms with E-state index in [0.29, 0.717) is 22.4 Å². The quantitative estimate of drug-likeness (QED) is 0.649. The highest BCUT2D eigenvalue weighted by atomic mass is 19.1. The summed E-state index contributed by atoms with van der Waals surface area (Å²) in [4.78, 5) is 12.4. The molecule has 0 saturated heterocycles. The van der Waals surface area contributed by atoms with Crippen LogP contribution in [0.25, 0.3) is 22.3 Å². The zero-order valence-corrected chi connectivity index (χ0v) is 12.3. The number of rotatable bonds is 1. The van der Waals surface area contributed by atoms with E-state index >= 15 is 0 Å². The Hall–Kier alpha value is -2.94. The number of carbonyl (C=O) groups is 1. The van der Waals surface area contributed by atoms with Crippen molar-refractivity contribution in [3.63, 3.8) is 0 Å². The average Bonchev–Trinajstić information content (AvgIpc) is 2.73. The van der Waals surface area contributed by atoms with Gasteiger partial charge in [-0.25, -0.2) is 4.39 Å². The van der Waals surface area contributed by atoms with Gasteiger partial charge in [0.25, 0.3) is 0 Å². The number of Topliss-reactive ketones (excluding diaryl/α,β-unsaturated/α-hetero) is 1. The molecule has 4 rings (SSSR count). The Labute approximate surface area is 133 Å². The van der Waals surface area contributed by atoms with Gasteiger partial charge in [-0.05, 0) is 41.0 Å². The molecule has 0 bridgehead atoms. The Balaban J connectivity index is 1.92. The minimum Gasteiger partial charge on any atom is -0.485 e. The maximum Gasteiger partial charge on any atom is 0.200 e. The first-order valence-corrected chi connectivity index (χ1v) is 7.38. The Morgan fingerprint density at radius 2 is 1.61 bits per heavy atom. The third-order valence-electron chi connectivity index (χ3n) is 4.02. The first-order valence-electron chi connectivity index (χ1n) is 7.38. The fourth-order valence-electron chi connectivity index (χ4n) is 2.88. The highest BCUT2D eigenvalue weighted by Gasteiger charge is 2.22. The third kappa shape index (κ3) is 2.40. The fraction of sp³-hybridized carbons (Fsp3) is 0.0500. The van der Waals surface area contributed by atoms with Gasteiger partial charge in [0, 0.05) is 11.1 Å². The number of ether oxygens (including phenoxy) is 1. The number of hydrogen-bond donors (Lipinski definition) is 0. The number of halogens is 1. The molecule has 0 radical (unpaired) electrons. The Kier molecular flexibility index (Phi) is 3.19. The molecule has 3 aromatic rings. The molecule has 1 aliphatic heterocycles. The molecule has 3 heteroatoms. The lowest BCUT2D eigenvalue weighted by Crippen LogP contribution is -2.09. The van der Waals surface area contributed by atoms with Gasteiger partial charge in [0.05, 0.1) is 0 Å². The van der Waals surface area contributed by atoms with Gasteiger partial charge in [0.15, 0.2) is 6.61 Å². The van der Waals surface area contributed by atoms with Crippen LogP contribution in [0.15, 0.2) is 66.7 Å². The molecule has 23 heavy (non-hydrogen) atoms. The first-order chi connectivity index (χ1) is 11.2. The SMILES string of the molecule is O=C1COc2ccc(F)cc2-c2ccc(-c3ccccc3)cc21. The van der Waals surface area contributed by atoms with Crippen LogP contribution in [0.5, 0.6) is 5.75 Å². The predicted octanol–water partition coefficient (Wildman–Crippen LogP) is 4.73. The highest BCUT2D eigenvalue weighted by Crippen LogP contribution is 2.37. The molecule has 2 nitrogen and oxygen atoms in total. The Bertz CT molecular complexity index is 901. The van der Waals surface area contributed by atoms with Crippen LogP contribution in [-0.4, -0.2) is 12.4 Å². The molecule has 0 atom stereocenters. The second kappa shape index (κ2) is 5.36. The molecule has 1 heterocycles. The van der Waals surface area contributed by atoms with Crippen molar-refractivity contribution in [3.05, 3.63) is 78.1 Å². The van der Waals surface area contributed by atoms with Gasteiger partial charge in [0.2, 0.25) is 5.78 Å². The molecule has 0 N–H and O–H groups in total. The number of benzene rings is 3. The minimum absolute atomic E-state index is 0.0378. The van der Waals surface area contributed by atoms with Crippen LogP contribution < -0.4 is 4.74 Å². The van der Waals surface area contributed by atoms with Gasteiger partial charge in [-0.3, -0.25) is 4.79 Å². The van der Waals surface area contributed by atoms with Crippen LogP contribution in [-0.2, 0) is 0 Å². The molecule has 0 fully saturated rings. The van der Waals surface area contributed by atoms with Crippen molar-refractivity contribution in [2.75, 3.05) is 6.61 Å². The molecule has 0 unspecified atom stereocenters. The van der Waals surface area contributed by atoms with E-state index in [-0.39, 0.29) is 18.2 Å². The van der Waals surface area contributed by atoms with Gasteiger partial charge in [-0.2, -0.15) is 0 Å². The number of hydrogen-bond acceptors (Lipinski definition) is 2. The van der Waals surface area contributed by atoms with E-state index < -0.39 is 0 Å². The second-order valence-corrected chi connectivity index (χ2v) is 5.48.